The highest BCUT2D eigenvalue weighted by molar-refractivity contribution is 6.00. The summed E-state index contributed by atoms with van der Waals surface area (Å²) >= 11 is 0. The number of nitrogens with zero attached hydrogens (tertiary/aromatic N) is 1. The maximum Gasteiger partial charge on any atom is 0.227 e. The summed E-state index contributed by atoms with van der Waals surface area (Å²) < 4.78 is 5.28. The van der Waals surface area contributed by atoms with Gasteiger partial charge in [0.25, 0.3) is 0 Å². The number of carbonyl (C=O) groups is 2. The number of methoxy groups -OCH3 is 1. The molecule has 0 aliphatic carbocycles. The Bertz CT molecular complexity index is 730. The lowest BCUT2D eigenvalue weighted by molar-refractivity contribution is -0.126. The van der Waals surface area contributed by atoms with Gasteiger partial charge in [0.15, 0.2) is 0 Å². The summed E-state index contributed by atoms with van der Waals surface area (Å²) in [5.41, 5.74) is 1.75. The molecule has 2 aromatic carbocycles. The Labute approximate surface area is 141 Å². The largest absolute Gasteiger partial charge is 0.496 e. The molecule has 2 aromatic rings. The van der Waals surface area contributed by atoms with Gasteiger partial charge in [-0.15, -0.1) is 0 Å². The summed E-state index contributed by atoms with van der Waals surface area (Å²) in [7, 11) is 1.61. The Morgan fingerprint density at radius 1 is 1.17 bits per heavy atom. The van der Waals surface area contributed by atoms with Crippen LogP contribution >= 0.6 is 0 Å². The lowest BCUT2D eigenvalue weighted by atomic mass is 10.1. The first kappa shape index (κ1) is 16.1. The average molecular weight is 324 g/mol. The van der Waals surface area contributed by atoms with Crippen LogP contribution in [0.25, 0.3) is 0 Å². The quantitative estimate of drug-likeness (QED) is 0.918. The number of benzene rings is 2. The van der Waals surface area contributed by atoms with E-state index in [1.807, 2.05) is 54.6 Å². The Morgan fingerprint density at radius 3 is 2.62 bits per heavy atom. The third-order valence-corrected chi connectivity index (χ3v) is 4.21. The van der Waals surface area contributed by atoms with Crippen LogP contribution < -0.4 is 15.0 Å². The van der Waals surface area contributed by atoms with Crippen LogP contribution in [0, 0.1) is 5.92 Å². The summed E-state index contributed by atoms with van der Waals surface area (Å²) in [6.07, 6.45) is 0.243. The Morgan fingerprint density at radius 2 is 1.88 bits per heavy atom. The first-order chi connectivity index (χ1) is 11.7. The number of amides is 2. The second-order valence-electron chi connectivity index (χ2n) is 5.77. The molecule has 124 valence electrons. The molecule has 1 saturated heterocycles. The molecule has 1 heterocycles. The minimum atomic E-state index is -0.326. The highest BCUT2D eigenvalue weighted by atomic mass is 16.5. The van der Waals surface area contributed by atoms with E-state index in [1.165, 1.54) is 0 Å². The predicted molar refractivity (Wildman–Crippen MR) is 91.7 cm³/mol. The van der Waals surface area contributed by atoms with Crippen LogP contribution in [0.3, 0.4) is 0 Å². The van der Waals surface area contributed by atoms with E-state index in [4.69, 9.17) is 4.74 Å². The molecular weight excluding hydrogens is 304 g/mol. The van der Waals surface area contributed by atoms with Gasteiger partial charge in [-0.1, -0.05) is 36.4 Å². The predicted octanol–water partition coefficient (Wildman–Crippen LogP) is 2.36. The van der Waals surface area contributed by atoms with E-state index in [1.54, 1.807) is 12.0 Å². The molecule has 1 fully saturated rings. The fourth-order valence-corrected chi connectivity index (χ4v) is 2.92. The van der Waals surface area contributed by atoms with E-state index in [0.717, 1.165) is 17.0 Å². The van der Waals surface area contributed by atoms with Crippen molar-refractivity contribution in [3.8, 4) is 5.75 Å². The number of hydrogen-bond donors (Lipinski definition) is 1. The zero-order chi connectivity index (χ0) is 16.9. The molecule has 24 heavy (non-hydrogen) atoms. The van der Waals surface area contributed by atoms with Gasteiger partial charge in [-0.3, -0.25) is 9.59 Å². The molecule has 0 radical (unpaired) electrons. The summed E-state index contributed by atoms with van der Waals surface area (Å²) in [5.74, 6) is 0.296. The number of carbonyl (C=O) groups excluding carboxylic acids is 2. The number of ether oxygens (including phenoxy) is 1. The zero-order valence-corrected chi connectivity index (χ0v) is 13.6. The van der Waals surface area contributed by atoms with Crippen LogP contribution in [0.2, 0.25) is 0 Å². The SMILES string of the molecule is COc1ccccc1CNC(=O)[C@H]1CC(=O)N(c2ccccc2)C1. The van der Waals surface area contributed by atoms with Crippen molar-refractivity contribution in [3.05, 3.63) is 60.2 Å². The van der Waals surface area contributed by atoms with Gasteiger partial charge in [0.05, 0.1) is 13.0 Å². The van der Waals surface area contributed by atoms with Gasteiger partial charge < -0.3 is 15.0 Å². The Kier molecular flexibility index (Phi) is 4.79. The number of hydrogen-bond acceptors (Lipinski definition) is 3. The molecule has 5 heteroatoms. The minimum Gasteiger partial charge on any atom is -0.496 e. The molecule has 0 saturated carbocycles. The molecule has 1 atom stereocenters. The Hall–Kier alpha value is -2.82. The molecule has 0 aromatic heterocycles. The average Bonchev–Trinajstić information content (AvgIpc) is 3.02. The summed E-state index contributed by atoms with van der Waals surface area (Å²) in [6, 6.07) is 17.0. The molecule has 1 N–H and O–H groups in total. The van der Waals surface area contributed by atoms with Crippen molar-refractivity contribution in [2.75, 3.05) is 18.6 Å². The van der Waals surface area contributed by atoms with E-state index < -0.39 is 0 Å². The van der Waals surface area contributed by atoms with Gasteiger partial charge in [0.1, 0.15) is 5.75 Å². The van der Waals surface area contributed by atoms with E-state index in [-0.39, 0.29) is 24.2 Å². The molecule has 2 amide bonds. The molecule has 3 rings (SSSR count). The topological polar surface area (TPSA) is 58.6 Å². The number of anilines is 1. The van der Waals surface area contributed by atoms with Crippen LogP contribution in [-0.2, 0) is 16.1 Å². The van der Waals surface area contributed by atoms with E-state index in [0.29, 0.717) is 13.1 Å². The molecule has 1 aliphatic rings. The second-order valence-corrected chi connectivity index (χ2v) is 5.77. The van der Waals surface area contributed by atoms with Gasteiger partial charge in [-0.2, -0.15) is 0 Å². The fraction of sp³-hybridized carbons (Fsp3) is 0.263. The standard InChI is InChI=1S/C19H20N2O3/c1-24-17-10-6-5-7-14(17)12-20-19(23)15-11-18(22)21(13-15)16-8-3-2-4-9-16/h2-10,15H,11-13H2,1H3,(H,20,23)/t15-/m0/s1. The van der Waals surface area contributed by atoms with E-state index in [2.05, 4.69) is 5.32 Å². The van der Waals surface area contributed by atoms with Crippen molar-refractivity contribution in [2.45, 2.75) is 13.0 Å². The molecule has 0 bridgehead atoms. The highest BCUT2D eigenvalue weighted by Crippen LogP contribution is 2.25. The van der Waals surface area contributed by atoms with Gasteiger partial charge in [-0.05, 0) is 18.2 Å². The molecule has 1 aliphatic heterocycles. The van der Waals surface area contributed by atoms with Crippen molar-refractivity contribution in [2.24, 2.45) is 5.92 Å². The Balaban J connectivity index is 1.61. The van der Waals surface area contributed by atoms with E-state index >= 15 is 0 Å². The van der Waals surface area contributed by atoms with Crippen molar-refractivity contribution in [1.29, 1.82) is 0 Å². The lowest BCUT2D eigenvalue weighted by Gasteiger charge is -2.16. The first-order valence-corrected chi connectivity index (χ1v) is 7.94. The smallest absolute Gasteiger partial charge is 0.227 e. The van der Waals surface area contributed by atoms with Crippen LogP contribution in [0.15, 0.2) is 54.6 Å². The normalized spacial score (nSPS) is 17.0. The third-order valence-electron chi connectivity index (χ3n) is 4.21. The number of rotatable bonds is 5. The fourth-order valence-electron chi connectivity index (χ4n) is 2.92. The summed E-state index contributed by atoms with van der Waals surface area (Å²) in [6.45, 7) is 0.805. The van der Waals surface area contributed by atoms with Crippen LogP contribution in [0.1, 0.15) is 12.0 Å². The van der Waals surface area contributed by atoms with Gasteiger partial charge >= 0.3 is 0 Å². The van der Waals surface area contributed by atoms with Crippen LogP contribution in [0.5, 0.6) is 5.75 Å². The van der Waals surface area contributed by atoms with E-state index in [9.17, 15) is 9.59 Å². The lowest BCUT2D eigenvalue weighted by Crippen LogP contribution is -2.32. The second kappa shape index (κ2) is 7.17. The number of nitrogens with one attached hydrogen (secondary N) is 1. The number of para-hydroxylation sites is 2. The minimum absolute atomic E-state index is 0.0151. The molecular formula is C19H20N2O3. The van der Waals surface area contributed by atoms with Gasteiger partial charge in [0.2, 0.25) is 11.8 Å². The third kappa shape index (κ3) is 3.40. The summed E-state index contributed by atoms with van der Waals surface area (Å²) in [4.78, 5) is 26.3. The van der Waals surface area contributed by atoms with Crippen LogP contribution in [0.4, 0.5) is 5.69 Å². The van der Waals surface area contributed by atoms with Crippen molar-refractivity contribution < 1.29 is 14.3 Å². The molecule has 0 spiro atoms. The molecule has 5 nitrogen and oxygen atoms in total. The first-order valence-electron chi connectivity index (χ1n) is 7.94. The van der Waals surface area contributed by atoms with Crippen LogP contribution in [-0.4, -0.2) is 25.5 Å². The van der Waals surface area contributed by atoms with Gasteiger partial charge in [-0.25, -0.2) is 0 Å². The maximum absolute atomic E-state index is 12.4. The molecule has 0 unspecified atom stereocenters. The monoisotopic (exact) mass is 324 g/mol. The zero-order valence-electron chi connectivity index (χ0n) is 13.6. The van der Waals surface area contributed by atoms with Crippen molar-refractivity contribution >= 4 is 17.5 Å². The summed E-state index contributed by atoms with van der Waals surface area (Å²) in [5, 5.41) is 2.91. The maximum atomic E-state index is 12.4. The van der Waals surface area contributed by atoms with Crippen molar-refractivity contribution in [1.82, 2.24) is 5.32 Å². The van der Waals surface area contributed by atoms with Gasteiger partial charge in [0, 0.05) is 30.8 Å². The van der Waals surface area contributed by atoms with Crippen molar-refractivity contribution in [3.63, 3.8) is 0 Å². The highest BCUT2D eigenvalue weighted by Gasteiger charge is 2.34.